The van der Waals surface area contributed by atoms with Crippen LogP contribution in [0, 0.1) is 12.3 Å². The van der Waals surface area contributed by atoms with Crippen LogP contribution in [-0.4, -0.2) is 67.3 Å². The van der Waals surface area contributed by atoms with Crippen LogP contribution >= 0.6 is 23.6 Å². The summed E-state index contributed by atoms with van der Waals surface area (Å²) in [6.07, 6.45) is 2.88. The molecule has 2 amide bonds. The number of nitrogens with zero attached hydrogens (tertiary/aromatic N) is 2. The van der Waals surface area contributed by atoms with Crippen LogP contribution in [-0.2, 0) is 4.74 Å². The molecule has 4 rings (SSSR count). The van der Waals surface area contributed by atoms with E-state index in [1.807, 2.05) is 41.5 Å². The van der Waals surface area contributed by atoms with Crippen molar-refractivity contribution in [3.8, 4) is 5.75 Å². The van der Waals surface area contributed by atoms with Crippen molar-refractivity contribution in [1.82, 2.24) is 9.80 Å². The Kier molecular flexibility index (Phi) is 7.27. The fourth-order valence-electron chi connectivity index (χ4n) is 4.67. The Morgan fingerprint density at radius 2 is 1.74 bits per heavy atom. The number of piperidine rings is 1. The number of ether oxygens (including phenoxy) is 2. The number of aryl methyl sites for hydroxylation is 1. The van der Waals surface area contributed by atoms with Gasteiger partial charge in [-0.2, -0.15) is 0 Å². The van der Waals surface area contributed by atoms with Gasteiger partial charge in [0, 0.05) is 26.2 Å². The molecule has 0 saturated carbocycles. The van der Waals surface area contributed by atoms with Gasteiger partial charge in [0.05, 0.1) is 25.6 Å². The first-order valence-electron chi connectivity index (χ1n) is 11.3. The van der Waals surface area contributed by atoms with Crippen molar-refractivity contribution in [2.75, 3.05) is 51.0 Å². The zero-order chi connectivity index (χ0) is 24.3. The molecule has 2 saturated heterocycles. The molecule has 0 atom stereocenters. The number of para-hydroxylation sites is 2. The van der Waals surface area contributed by atoms with Gasteiger partial charge >= 0.3 is 12.0 Å². The van der Waals surface area contributed by atoms with Crippen molar-refractivity contribution in [2.45, 2.75) is 26.2 Å². The van der Waals surface area contributed by atoms with Crippen LogP contribution in [0.1, 0.15) is 34.5 Å². The van der Waals surface area contributed by atoms with Gasteiger partial charge in [0.25, 0.3) is 0 Å². The number of esters is 1. The third-order valence-electron chi connectivity index (χ3n) is 6.76. The Balaban J connectivity index is 1.33. The summed E-state index contributed by atoms with van der Waals surface area (Å²) in [7, 11) is 2.98. The maximum atomic E-state index is 12.8. The van der Waals surface area contributed by atoms with Gasteiger partial charge in [-0.25, -0.2) is 9.59 Å². The van der Waals surface area contributed by atoms with Gasteiger partial charge in [0.1, 0.15) is 10.6 Å². The number of likely N-dealkylation sites (tertiary alicyclic amines) is 2. The summed E-state index contributed by atoms with van der Waals surface area (Å²) in [5, 5.41) is 8.80. The standard InChI is InChI=1S/C24H30N4O4S2/c1-16-14-34-20(21(29)32-3)19(16)26-23(33)28-13-10-24(15-28)8-11-27(12-9-24)22(30)25-17-6-4-5-7-18(17)31-2/h4-7,14H,8-13,15H2,1-3H3,(H,25,30)(H,26,33). The molecular formula is C24H30N4O4S2. The van der Waals surface area contributed by atoms with E-state index >= 15 is 0 Å². The average molecular weight is 503 g/mol. The van der Waals surface area contributed by atoms with E-state index < -0.39 is 0 Å². The van der Waals surface area contributed by atoms with Crippen LogP contribution < -0.4 is 15.4 Å². The quantitative estimate of drug-likeness (QED) is 0.468. The molecule has 2 N–H and O–H groups in total. The number of benzene rings is 1. The van der Waals surface area contributed by atoms with E-state index in [9.17, 15) is 9.59 Å². The number of carbonyl (C=O) groups excluding carboxylic acids is 2. The summed E-state index contributed by atoms with van der Waals surface area (Å²) in [5.41, 5.74) is 2.51. The van der Waals surface area contributed by atoms with Crippen molar-refractivity contribution < 1.29 is 19.1 Å². The monoisotopic (exact) mass is 502 g/mol. The fraction of sp³-hybridized carbons (Fsp3) is 0.458. The lowest BCUT2D eigenvalue weighted by atomic mass is 9.78. The highest BCUT2D eigenvalue weighted by molar-refractivity contribution is 7.80. The number of rotatable bonds is 4. The van der Waals surface area contributed by atoms with E-state index in [0.29, 0.717) is 34.5 Å². The molecule has 1 aromatic heterocycles. The van der Waals surface area contributed by atoms with Gasteiger partial charge in [0.15, 0.2) is 5.11 Å². The second-order valence-corrected chi connectivity index (χ2v) is 10.1. The molecule has 182 valence electrons. The van der Waals surface area contributed by atoms with Crippen molar-refractivity contribution in [1.29, 1.82) is 0 Å². The van der Waals surface area contributed by atoms with Crippen LogP contribution in [0.15, 0.2) is 29.6 Å². The minimum Gasteiger partial charge on any atom is -0.495 e. The number of thiocarbonyl (C=S) groups is 1. The summed E-state index contributed by atoms with van der Waals surface area (Å²) < 4.78 is 10.2. The Bertz CT molecular complexity index is 1080. The lowest BCUT2D eigenvalue weighted by Crippen LogP contribution is -2.46. The van der Waals surface area contributed by atoms with Gasteiger partial charge in [0.2, 0.25) is 0 Å². The third-order valence-corrected chi connectivity index (χ3v) is 8.20. The molecular weight excluding hydrogens is 472 g/mol. The Labute approximate surface area is 209 Å². The molecule has 34 heavy (non-hydrogen) atoms. The first-order valence-corrected chi connectivity index (χ1v) is 12.6. The zero-order valence-corrected chi connectivity index (χ0v) is 21.3. The van der Waals surface area contributed by atoms with Gasteiger partial charge in [-0.15, -0.1) is 11.3 Å². The number of nitrogens with one attached hydrogen (secondary N) is 2. The number of amides is 2. The summed E-state index contributed by atoms with van der Waals surface area (Å²) in [6, 6.07) is 7.32. The van der Waals surface area contributed by atoms with Gasteiger partial charge < -0.3 is 29.9 Å². The molecule has 0 aliphatic carbocycles. The highest BCUT2D eigenvalue weighted by atomic mass is 32.1. The Hall–Kier alpha value is -2.85. The molecule has 8 nitrogen and oxygen atoms in total. The highest BCUT2D eigenvalue weighted by Crippen LogP contribution is 2.41. The summed E-state index contributed by atoms with van der Waals surface area (Å²) in [6.45, 7) is 5.05. The van der Waals surface area contributed by atoms with Crippen LogP contribution in [0.4, 0.5) is 16.2 Å². The van der Waals surface area contributed by atoms with Crippen LogP contribution in [0.25, 0.3) is 0 Å². The van der Waals surface area contributed by atoms with Crippen molar-refractivity contribution in [2.24, 2.45) is 5.41 Å². The van der Waals surface area contributed by atoms with Gasteiger partial charge in [-0.05, 0) is 66.9 Å². The minimum absolute atomic E-state index is 0.102. The molecule has 2 aromatic rings. The van der Waals surface area contributed by atoms with Crippen LogP contribution in [0.3, 0.4) is 0 Å². The summed E-state index contributed by atoms with van der Waals surface area (Å²) in [5.74, 6) is 0.285. The average Bonchev–Trinajstić information content (AvgIpc) is 3.43. The van der Waals surface area contributed by atoms with E-state index in [4.69, 9.17) is 21.7 Å². The number of methoxy groups -OCH3 is 2. The number of hydrogen-bond acceptors (Lipinski definition) is 6. The Morgan fingerprint density at radius 1 is 1.06 bits per heavy atom. The van der Waals surface area contributed by atoms with Crippen LogP contribution in [0.5, 0.6) is 5.75 Å². The predicted octanol–water partition coefficient (Wildman–Crippen LogP) is 4.57. The summed E-state index contributed by atoms with van der Waals surface area (Å²) >= 11 is 7.05. The normalized spacial score (nSPS) is 16.9. The highest BCUT2D eigenvalue weighted by Gasteiger charge is 2.42. The molecule has 2 fully saturated rings. The zero-order valence-electron chi connectivity index (χ0n) is 19.7. The fourth-order valence-corrected chi connectivity index (χ4v) is 5.85. The molecule has 1 aromatic carbocycles. The Morgan fingerprint density at radius 3 is 2.41 bits per heavy atom. The number of urea groups is 1. The topological polar surface area (TPSA) is 83.1 Å². The van der Waals surface area contributed by atoms with E-state index in [1.54, 1.807) is 7.11 Å². The van der Waals surface area contributed by atoms with Crippen molar-refractivity contribution in [3.63, 3.8) is 0 Å². The van der Waals surface area contributed by atoms with Gasteiger partial charge in [-0.1, -0.05) is 12.1 Å². The van der Waals surface area contributed by atoms with E-state index in [0.717, 1.165) is 43.6 Å². The SMILES string of the molecule is COC(=O)c1scc(C)c1NC(=S)N1CCC2(CCN(C(=O)Nc3ccccc3OC)CC2)C1. The minimum atomic E-state index is -0.361. The van der Waals surface area contributed by atoms with E-state index in [-0.39, 0.29) is 17.4 Å². The van der Waals surface area contributed by atoms with Crippen molar-refractivity contribution >= 4 is 52.0 Å². The maximum absolute atomic E-state index is 12.8. The number of hydrogen-bond donors (Lipinski definition) is 2. The molecule has 10 heteroatoms. The molecule has 2 aliphatic rings. The number of thiophene rings is 1. The predicted molar refractivity (Wildman–Crippen MR) is 138 cm³/mol. The van der Waals surface area contributed by atoms with Crippen LogP contribution in [0.2, 0.25) is 0 Å². The molecule has 1 spiro atoms. The van der Waals surface area contributed by atoms with E-state index in [1.165, 1.54) is 18.4 Å². The van der Waals surface area contributed by atoms with Crippen molar-refractivity contribution in [3.05, 3.63) is 40.1 Å². The number of carbonyl (C=O) groups is 2. The van der Waals surface area contributed by atoms with Gasteiger partial charge in [-0.3, -0.25) is 0 Å². The second-order valence-electron chi connectivity index (χ2n) is 8.83. The molecule has 0 radical (unpaired) electrons. The van der Waals surface area contributed by atoms with E-state index in [2.05, 4.69) is 15.5 Å². The molecule has 3 heterocycles. The largest absolute Gasteiger partial charge is 0.495 e. The molecule has 0 unspecified atom stereocenters. The lowest BCUT2D eigenvalue weighted by Gasteiger charge is -2.39. The molecule has 0 bridgehead atoms. The summed E-state index contributed by atoms with van der Waals surface area (Å²) in [4.78, 5) is 29.5. The number of anilines is 2. The second kappa shape index (κ2) is 10.2. The smallest absolute Gasteiger partial charge is 0.350 e. The third kappa shape index (κ3) is 4.97. The first-order chi connectivity index (χ1) is 16.4. The maximum Gasteiger partial charge on any atom is 0.350 e. The lowest BCUT2D eigenvalue weighted by molar-refractivity contribution is 0.0607. The first kappa shape index (κ1) is 24.3. The molecule has 2 aliphatic heterocycles.